The molecule has 3 atom stereocenters. The Bertz CT molecular complexity index is 197. The van der Waals surface area contributed by atoms with E-state index in [0.29, 0.717) is 6.54 Å². The molecule has 64 valence electrons. The maximum Gasteiger partial charge on any atom is 0.0850 e. The van der Waals surface area contributed by atoms with Gasteiger partial charge in [0.25, 0.3) is 0 Å². The third-order valence-electron chi connectivity index (χ3n) is 1.96. The van der Waals surface area contributed by atoms with Crippen LogP contribution in [0.15, 0.2) is 5.11 Å². The minimum Gasteiger partial charge on any atom is -0.395 e. The van der Waals surface area contributed by atoms with Crippen LogP contribution >= 0.6 is 11.8 Å². The Labute approximate surface area is 76.8 Å². The van der Waals surface area contributed by atoms with Crippen molar-refractivity contribution in [3.63, 3.8) is 0 Å². The summed E-state index contributed by atoms with van der Waals surface area (Å²) in [4.78, 5) is 2.68. The molecule has 0 unspecified atom stereocenters. The van der Waals surface area contributed by atoms with Crippen molar-refractivity contribution in [1.29, 1.82) is 0 Å². The summed E-state index contributed by atoms with van der Waals surface area (Å²) in [5.74, 6) is 0.225. The molecule has 0 bridgehead atoms. The Morgan fingerprint density at radius 1 is 1.75 bits per heavy atom. The summed E-state index contributed by atoms with van der Waals surface area (Å²) in [6.07, 6.45) is 0.849. The first-order chi connectivity index (χ1) is 5.77. The molecular formula is C6H10BN3OS. The summed E-state index contributed by atoms with van der Waals surface area (Å²) in [6.45, 7) is 0.603. The number of hydrogen-bond donors (Lipinski definition) is 1. The number of aliphatic hydroxyl groups is 1. The molecule has 1 rings (SSSR count). The first-order valence-corrected chi connectivity index (χ1v) is 4.75. The van der Waals surface area contributed by atoms with Crippen molar-refractivity contribution < 1.29 is 5.11 Å². The maximum atomic E-state index is 8.85. The van der Waals surface area contributed by atoms with E-state index in [1.54, 1.807) is 11.8 Å². The van der Waals surface area contributed by atoms with E-state index in [0.717, 1.165) is 6.42 Å². The largest absolute Gasteiger partial charge is 0.395 e. The van der Waals surface area contributed by atoms with E-state index in [9.17, 15) is 0 Å². The minimum atomic E-state index is 0.00708. The van der Waals surface area contributed by atoms with Crippen LogP contribution in [0.25, 0.3) is 10.4 Å². The van der Waals surface area contributed by atoms with Crippen LogP contribution in [0.4, 0.5) is 0 Å². The van der Waals surface area contributed by atoms with E-state index in [4.69, 9.17) is 18.5 Å². The van der Waals surface area contributed by atoms with Crippen molar-refractivity contribution in [3.05, 3.63) is 10.4 Å². The van der Waals surface area contributed by atoms with Crippen LogP contribution in [0.2, 0.25) is 0 Å². The van der Waals surface area contributed by atoms with Crippen molar-refractivity contribution in [2.45, 2.75) is 16.8 Å². The molecule has 0 spiro atoms. The molecule has 0 aliphatic carbocycles. The van der Waals surface area contributed by atoms with Crippen molar-refractivity contribution >= 4 is 19.6 Å². The van der Waals surface area contributed by atoms with E-state index in [1.165, 1.54) is 0 Å². The van der Waals surface area contributed by atoms with Crippen LogP contribution in [0.1, 0.15) is 6.42 Å². The molecule has 1 fully saturated rings. The lowest BCUT2D eigenvalue weighted by molar-refractivity contribution is 0.286. The summed E-state index contributed by atoms with van der Waals surface area (Å²) in [5.41, 5.74) is 8.10. The lowest BCUT2D eigenvalue weighted by Gasteiger charge is -2.09. The number of hydrogen-bond acceptors (Lipinski definition) is 3. The zero-order valence-corrected chi connectivity index (χ0v) is 7.44. The standard InChI is InChI=1S/C6H10BN3OS/c7-6-4(2-9-10-8)1-5(3-11)12-6/h4-6,11H,1-3H2/t4-,5+,6-/m1/s1. The Balaban J connectivity index is 2.40. The first kappa shape index (κ1) is 9.77. The molecule has 1 N–H and O–H groups in total. The van der Waals surface area contributed by atoms with Gasteiger partial charge in [-0.2, -0.15) is 11.8 Å². The molecule has 1 heterocycles. The van der Waals surface area contributed by atoms with Crippen molar-refractivity contribution in [2.75, 3.05) is 13.2 Å². The maximum absolute atomic E-state index is 8.85. The van der Waals surface area contributed by atoms with Gasteiger partial charge in [-0.25, -0.2) is 0 Å². The van der Waals surface area contributed by atoms with Crippen LogP contribution < -0.4 is 0 Å². The molecule has 2 radical (unpaired) electrons. The zero-order chi connectivity index (χ0) is 8.97. The van der Waals surface area contributed by atoms with Crippen LogP contribution in [-0.4, -0.2) is 36.5 Å². The molecule has 0 saturated carbocycles. The highest BCUT2D eigenvalue weighted by atomic mass is 32.2. The Hall–Kier alpha value is -0.315. The van der Waals surface area contributed by atoms with Gasteiger partial charge in [-0.15, -0.1) is 0 Å². The van der Waals surface area contributed by atoms with Gasteiger partial charge < -0.3 is 5.11 Å². The average Bonchev–Trinajstić information content (AvgIpc) is 2.43. The highest BCUT2D eigenvalue weighted by molar-refractivity contribution is 8.01. The first-order valence-electron chi connectivity index (χ1n) is 3.80. The molecule has 1 saturated heterocycles. The van der Waals surface area contributed by atoms with Gasteiger partial charge >= 0.3 is 0 Å². The Kier molecular flexibility index (Phi) is 3.78. The monoisotopic (exact) mass is 183 g/mol. The van der Waals surface area contributed by atoms with Gasteiger partial charge in [0.15, 0.2) is 0 Å². The molecule has 6 heteroatoms. The third kappa shape index (κ3) is 2.34. The predicted octanol–water partition coefficient (Wildman–Crippen LogP) is 0.905. The Morgan fingerprint density at radius 3 is 3.00 bits per heavy atom. The van der Waals surface area contributed by atoms with Gasteiger partial charge in [0, 0.05) is 16.7 Å². The van der Waals surface area contributed by atoms with Gasteiger partial charge in [0.1, 0.15) is 0 Å². The highest BCUT2D eigenvalue weighted by Gasteiger charge is 2.30. The van der Waals surface area contributed by atoms with Gasteiger partial charge in [-0.1, -0.05) is 5.11 Å². The number of azide groups is 1. The van der Waals surface area contributed by atoms with E-state index in [1.807, 2.05) is 0 Å². The van der Waals surface area contributed by atoms with Crippen molar-refractivity contribution in [3.8, 4) is 0 Å². The van der Waals surface area contributed by atoms with Crippen LogP contribution in [0.5, 0.6) is 0 Å². The molecular weight excluding hydrogens is 173 g/mol. The van der Waals surface area contributed by atoms with E-state index >= 15 is 0 Å². The van der Waals surface area contributed by atoms with Crippen molar-refractivity contribution in [1.82, 2.24) is 0 Å². The summed E-state index contributed by atoms with van der Waals surface area (Å²) >= 11 is 1.57. The fraction of sp³-hybridized carbons (Fsp3) is 1.00. The van der Waals surface area contributed by atoms with Gasteiger partial charge in [0.05, 0.1) is 14.5 Å². The lowest BCUT2D eigenvalue weighted by atomic mass is 9.88. The zero-order valence-electron chi connectivity index (χ0n) is 6.63. The number of thioether (sulfide) groups is 1. The molecule has 0 aromatic rings. The van der Waals surface area contributed by atoms with E-state index in [-0.39, 0.29) is 22.9 Å². The van der Waals surface area contributed by atoms with Gasteiger partial charge in [-0.3, -0.25) is 0 Å². The summed E-state index contributed by atoms with van der Waals surface area (Å²) in [5, 5.41) is 12.6. The Morgan fingerprint density at radius 2 is 2.50 bits per heavy atom. The second-order valence-corrected chi connectivity index (χ2v) is 4.30. The van der Waals surface area contributed by atoms with Gasteiger partial charge in [0.2, 0.25) is 0 Å². The SMILES string of the molecule is [B][C@@H]1S[C@H](CO)C[C@@H]1CN=[N+]=[N-]. The molecule has 1 aliphatic rings. The summed E-state index contributed by atoms with van der Waals surface area (Å²) in [6, 6.07) is 0. The van der Waals surface area contributed by atoms with Crippen LogP contribution in [0.3, 0.4) is 0 Å². The highest BCUT2D eigenvalue weighted by Crippen LogP contribution is 2.36. The smallest absolute Gasteiger partial charge is 0.0850 e. The molecule has 12 heavy (non-hydrogen) atoms. The number of rotatable bonds is 3. The average molecular weight is 183 g/mol. The van der Waals surface area contributed by atoms with Gasteiger partial charge in [-0.05, 0) is 23.0 Å². The fourth-order valence-electron chi connectivity index (χ4n) is 1.30. The fourth-order valence-corrected chi connectivity index (χ4v) is 2.61. The second-order valence-electron chi connectivity index (χ2n) is 2.81. The third-order valence-corrected chi connectivity index (χ3v) is 3.39. The molecule has 0 aromatic heterocycles. The minimum absolute atomic E-state index is 0.00708. The summed E-state index contributed by atoms with van der Waals surface area (Å²) < 4.78 is 0. The second kappa shape index (κ2) is 4.65. The lowest BCUT2D eigenvalue weighted by Crippen LogP contribution is -2.14. The molecule has 4 nitrogen and oxygen atoms in total. The van der Waals surface area contributed by atoms with Crippen molar-refractivity contribution in [2.24, 2.45) is 11.0 Å². The van der Waals surface area contributed by atoms with Crippen LogP contribution in [-0.2, 0) is 0 Å². The summed E-state index contributed by atoms with van der Waals surface area (Å²) in [7, 11) is 5.75. The molecule has 0 aromatic carbocycles. The van der Waals surface area contributed by atoms with Crippen LogP contribution in [0, 0.1) is 5.92 Å². The number of aliphatic hydroxyl groups excluding tert-OH is 1. The van der Waals surface area contributed by atoms with E-state index < -0.39 is 0 Å². The predicted molar refractivity (Wildman–Crippen MR) is 50.1 cm³/mol. The number of nitrogens with zero attached hydrogens (tertiary/aromatic N) is 3. The molecule has 0 amide bonds. The van der Waals surface area contributed by atoms with E-state index in [2.05, 4.69) is 10.0 Å². The normalized spacial score (nSPS) is 34.6. The quantitative estimate of drug-likeness (QED) is 0.305. The topological polar surface area (TPSA) is 69.0 Å². The molecule has 1 aliphatic heterocycles.